The molecular weight excluding hydrogens is 316 g/mol. The van der Waals surface area contributed by atoms with Crippen LogP contribution in [0, 0.1) is 0 Å². The van der Waals surface area contributed by atoms with Gasteiger partial charge in [0.15, 0.2) is 4.96 Å². The van der Waals surface area contributed by atoms with Crippen molar-refractivity contribution in [1.82, 2.24) is 24.1 Å². The molecule has 0 atom stereocenters. The zero-order valence-corrected chi connectivity index (χ0v) is 13.6. The number of fused-ring (bicyclic) bond motifs is 1. The molecule has 3 aromatic rings. The minimum absolute atomic E-state index is 0.00180. The number of thiazole rings is 1. The predicted octanol–water partition coefficient (Wildman–Crippen LogP) is 0.766. The van der Waals surface area contributed by atoms with Crippen LogP contribution in [0.3, 0.4) is 0 Å². The second-order valence-electron chi connectivity index (χ2n) is 5.28. The summed E-state index contributed by atoms with van der Waals surface area (Å²) >= 11 is 1.34. The molecule has 0 saturated heterocycles. The van der Waals surface area contributed by atoms with Crippen LogP contribution < -0.4 is 10.9 Å². The fourth-order valence-corrected chi connectivity index (χ4v) is 2.71. The van der Waals surface area contributed by atoms with Gasteiger partial charge in [-0.25, -0.2) is 4.98 Å². The first-order valence-electron chi connectivity index (χ1n) is 6.98. The van der Waals surface area contributed by atoms with E-state index in [2.05, 4.69) is 15.4 Å². The lowest BCUT2D eigenvalue weighted by Gasteiger charge is -2.08. The molecule has 0 aliphatic rings. The average Bonchev–Trinajstić information content (AvgIpc) is 3.14. The molecular formula is C14H16N6O2S. The van der Waals surface area contributed by atoms with Crippen LogP contribution in [0.25, 0.3) is 4.96 Å². The van der Waals surface area contributed by atoms with E-state index in [1.165, 1.54) is 21.9 Å². The number of likely N-dealkylation sites (N-methyl/N-ethyl adjacent to an activating group) is 1. The molecule has 3 heterocycles. The quantitative estimate of drug-likeness (QED) is 0.746. The van der Waals surface area contributed by atoms with Crippen molar-refractivity contribution in [2.24, 2.45) is 0 Å². The summed E-state index contributed by atoms with van der Waals surface area (Å²) in [6, 6.07) is 0. The van der Waals surface area contributed by atoms with Gasteiger partial charge in [0.05, 0.1) is 18.4 Å². The third-order valence-corrected chi connectivity index (χ3v) is 4.03. The predicted molar refractivity (Wildman–Crippen MR) is 88.1 cm³/mol. The molecule has 3 rings (SSSR count). The van der Waals surface area contributed by atoms with Crippen LogP contribution in [0.4, 0.5) is 5.69 Å². The highest BCUT2D eigenvalue weighted by atomic mass is 32.1. The van der Waals surface area contributed by atoms with Gasteiger partial charge in [0.25, 0.3) is 11.5 Å². The Labute approximate surface area is 136 Å². The number of anilines is 1. The number of hydrogen-bond donors (Lipinski definition) is 1. The Morgan fingerprint density at radius 1 is 1.39 bits per heavy atom. The third-order valence-electron chi connectivity index (χ3n) is 3.25. The molecule has 23 heavy (non-hydrogen) atoms. The minimum atomic E-state index is -0.491. The van der Waals surface area contributed by atoms with Crippen molar-refractivity contribution in [2.45, 2.75) is 6.54 Å². The zero-order chi connectivity index (χ0) is 16.4. The molecule has 0 aliphatic carbocycles. The Kier molecular flexibility index (Phi) is 4.22. The molecule has 1 amide bonds. The van der Waals surface area contributed by atoms with Gasteiger partial charge >= 0.3 is 0 Å². The lowest BCUT2D eigenvalue weighted by molar-refractivity contribution is 0.102. The Bertz CT molecular complexity index is 894. The van der Waals surface area contributed by atoms with Crippen molar-refractivity contribution in [2.75, 3.05) is 26.0 Å². The maximum Gasteiger partial charge on any atom is 0.271 e. The maximum absolute atomic E-state index is 12.3. The first kappa shape index (κ1) is 15.4. The van der Waals surface area contributed by atoms with Crippen molar-refractivity contribution >= 4 is 27.9 Å². The fraction of sp³-hybridized carbons (Fsp3) is 0.286. The average molecular weight is 332 g/mol. The number of nitrogens with zero attached hydrogens (tertiary/aromatic N) is 5. The standard InChI is InChI=1S/C14H16N6O2S/c1-18(2)3-4-19-9-10(7-16-19)17-12(21)11-8-15-14-20(13(11)22)5-6-23-14/h5-9H,3-4H2,1-2H3,(H,17,21). The van der Waals surface area contributed by atoms with Crippen LogP contribution in [0.15, 0.2) is 35.0 Å². The van der Waals surface area contributed by atoms with Gasteiger partial charge < -0.3 is 10.2 Å². The molecule has 3 aromatic heterocycles. The third kappa shape index (κ3) is 3.30. The van der Waals surface area contributed by atoms with Crippen molar-refractivity contribution in [1.29, 1.82) is 0 Å². The van der Waals surface area contributed by atoms with Gasteiger partial charge in [-0.3, -0.25) is 18.7 Å². The normalized spacial score (nSPS) is 11.3. The first-order valence-corrected chi connectivity index (χ1v) is 7.86. The summed E-state index contributed by atoms with van der Waals surface area (Å²) < 4.78 is 3.10. The fourth-order valence-electron chi connectivity index (χ4n) is 2.03. The van der Waals surface area contributed by atoms with E-state index in [1.807, 2.05) is 19.0 Å². The second-order valence-corrected chi connectivity index (χ2v) is 6.16. The zero-order valence-electron chi connectivity index (χ0n) is 12.8. The van der Waals surface area contributed by atoms with E-state index in [0.29, 0.717) is 17.2 Å². The summed E-state index contributed by atoms with van der Waals surface area (Å²) in [5, 5.41) is 8.61. The molecule has 120 valence electrons. The van der Waals surface area contributed by atoms with Gasteiger partial charge in [-0.15, -0.1) is 11.3 Å². The molecule has 0 radical (unpaired) electrons. The number of carbonyl (C=O) groups excluding carboxylic acids is 1. The molecule has 0 spiro atoms. The van der Waals surface area contributed by atoms with Crippen molar-refractivity contribution in [3.05, 3.63) is 46.1 Å². The number of carbonyl (C=O) groups is 1. The summed E-state index contributed by atoms with van der Waals surface area (Å²) in [5.74, 6) is -0.491. The Balaban J connectivity index is 1.75. The highest BCUT2D eigenvalue weighted by Crippen LogP contribution is 2.09. The first-order chi connectivity index (χ1) is 11.0. The molecule has 9 heteroatoms. The largest absolute Gasteiger partial charge is 0.319 e. The van der Waals surface area contributed by atoms with Gasteiger partial charge in [-0.2, -0.15) is 5.10 Å². The van der Waals surface area contributed by atoms with Crippen LogP contribution in [-0.4, -0.2) is 50.6 Å². The Morgan fingerprint density at radius 2 is 2.22 bits per heavy atom. The van der Waals surface area contributed by atoms with Gasteiger partial charge in [0.1, 0.15) is 5.56 Å². The molecule has 8 nitrogen and oxygen atoms in total. The van der Waals surface area contributed by atoms with Crippen LogP contribution in [-0.2, 0) is 6.54 Å². The van der Waals surface area contributed by atoms with Gasteiger partial charge in [-0.05, 0) is 14.1 Å². The topological polar surface area (TPSA) is 84.5 Å². The lowest BCUT2D eigenvalue weighted by Crippen LogP contribution is -2.25. The Morgan fingerprint density at radius 3 is 3.00 bits per heavy atom. The van der Waals surface area contributed by atoms with Crippen molar-refractivity contribution in [3.8, 4) is 0 Å². The van der Waals surface area contributed by atoms with Crippen LogP contribution >= 0.6 is 11.3 Å². The van der Waals surface area contributed by atoms with Gasteiger partial charge in [0.2, 0.25) is 0 Å². The molecule has 0 bridgehead atoms. The number of amides is 1. The van der Waals surface area contributed by atoms with E-state index in [-0.39, 0.29) is 11.1 Å². The molecule has 0 fully saturated rings. The number of rotatable bonds is 5. The maximum atomic E-state index is 12.3. The SMILES string of the molecule is CN(C)CCn1cc(NC(=O)c2cnc3sccn3c2=O)cn1. The summed E-state index contributed by atoms with van der Waals surface area (Å²) in [4.78, 5) is 31.2. The molecule has 1 N–H and O–H groups in total. The number of hydrogen-bond acceptors (Lipinski definition) is 6. The lowest BCUT2D eigenvalue weighted by atomic mass is 10.3. The molecule has 0 saturated carbocycles. The van der Waals surface area contributed by atoms with E-state index in [0.717, 1.165) is 6.54 Å². The van der Waals surface area contributed by atoms with E-state index >= 15 is 0 Å². The summed E-state index contributed by atoms with van der Waals surface area (Å²) in [6.45, 7) is 1.56. The number of nitrogens with one attached hydrogen (secondary N) is 1. The van der Waals surface area contributed by atoms with Crippen LogP contribution in [0.5, 0.6) is 0 Å². The van der Waals surface area contributed by atoms with Crippen molar-refractivity contribution in [3.63, 3.8) is 0 Å². The van der Waals surface area contributed by atoms with Gasteiger partial charge in [-0.1, -0.05) is 0 Å². The van der Waals surface area contributed by atoms with E-state index in [9.17, 15) is 9.59 Å². The van der Waals surface area contributed by atoms with Crippen molar-refractivity contribution < 1.29 is 4.79 Å². The molecule has 0 aromatic carbocycles. The summed E-state index contributed by atoms with van der Waals surface area (Å²) in [6.07, 6.45) is 6.20. The minimum Gasteiger partial charge on any atom is -0.319 e. The smallest absolute Gasteiger partial charge is 0.271 e. The van der Waals surface area contributed by atoms with Crippen LogP contribution in [0.1, 0.15) is 10.4 Å². The van der Waals surface area contributed by atoms with E-state index in [4.69, 9.17) is 0 Å². The number of aromatic nitrogens is 4. The van der Waals surface area contributed by atoms with Gasteiger partial charge in [0, 0.05) is 30.5 Å². The summed E-state index contributed by atoms with van der Waals surface area (Å²) in [5.41, 5.74) is 0.166. The van der Waals surface area contributed by atoms with Crippen LogP contribution in [0.2, 0.25) is 0 Å². The van der Waals surface area contributed by atoms with E-state index < -0.39 is 5.91 Å². The highest BCUT2D eigenvalue weighted by Gasteiger charge is 2.14. The monoisotopic (exact) mass is 332 g/mol. The second kappa shape index (κ2) is 6.31. The highest BCUT2D eigenvalue weighted by molar-refractivity contribution is 7.15. The molecule has 0 unspecified atom stereocenters. The molecule has 0 aliphatic heterocycles. The van der Waals surface area contributed by atoms with E-state index in [1.54, 1.807) is 28.7 Å². The Hall–Kier alpha value is -2.52. The summed E-state index contributed by atoms with van der Waals surface area (Å²) in [7, 11) is 3.96.